The number of likely N-dealkylation sites (tertiary alicyclic amines) is 1. The number of rotatable bonds is 3. The van der Waals surface area contributed by atoms with Crippen molar-refractivity contribution in [3.63, 3.8) is 0 Å². The largest absolute Gasteiger partial charge is 0.338 e. The van der Waals surface area contributed by atoms with Gasteiger partial charge in [-0.1, -0.05) is 6.07 Å². The fourth-order valence-electron chi connectivity index (χ4n) is 2.45. The predicted molar refractivity (Wildman–Crippen MR) is 68.8 cm³/mol. The maximum Gasteiger partial charge on any atom is 0.256 e. The molecule has 1 aliphatic heterocycles. The van der Waals surface area contributed by atoms with Crippen LogP contribution in [-0.4, -0.2) is 30.4 Å². The number of carbonyl (C=O) groups excluding carboxylic acids is 1. The molecule has 2 N–H and O–H groups in total. The van der Waals surface area contributed by atoms with Crippen molar-refractivity contribution in [2.24, 2.45) is 11.7 Å². The normalized spacial score (nSPS) is 19.3. The van der Waals surface area contributed by atoms with E-state index in [4.69, 9.17) is 5.73 Å². The Morgan fingerprint density at radius 1 is 1.56 bits per heavy atom. The van der Waals surface area contributed by atoms with Crippen LogP contribution < -0.4 is 5.73 Å². The molecule has 4 heteroatoms. The molecule has 1 aromatic rings. The van der Waals surface area contributed by atoms with Gasteiger partial charge in [-0.05, 0) is 49.9 Å². The highest BCUT2D eigenvalue weighted by Crippen LogP contribution is 2.22. The second-order valence-electron chi connectivity index (χ2n) is 4.97. The zero-order valence-electron chi connectivity index (χ0n) is 10.7. The molecule has 0 spiro atoms. The number of aryl methyl sites for hydroxylation is 1. The lowest BCUT2D eigenvalue weighted by Crippen LogP contribution is -2.29. The van der Waals surface area contributed by atoms with Gasteiger partial charge < -0.3 is 10.6 Å². The smallest absolute Gasteiger partial charge is 0.256 e. The van der Waals surface area contributed by atoms with Gasteiger partial charge in [0.2, 0.25) is 0 Å². The summed E-state index contributed by atoms with van der Waals surface area (Å²) in [6.45, 7) is 3.86. The Kier molecular flexibility index (Phi) is 3.97. The summed E-state index contributed by atoms with van der Waals surface area (Å²) in [7, 11) is 0. The van der Waals surface area contributed by atoms with Crippen LogP contribution in [0.25, 0.3) is 0 Å². The van der Waals surface area contributed by atoms with Crippen LogP contribution in [0.1, 0.15) is 28.8 Å². The highest BCUT2D eigenvalue weighted by atomic mass is 19.1. The third kappa shape index (κ3) is 2.70. The van der Waals surface area contributed by atoms with E-state index in [1.807, 2.05) is 6.92 Å². The number of carbonyl (C=O) groups is 1. The van der Waals surface area contributed by atoms with E-state index >= 15 is 0 Å². The second-order valence-corrected chi connectivity index (χ2v) is 4.97. The number of hydrogen-bond acceptors (Lipinski definition) is 2. The summed E-state index contributed by atoms with van der Waals surface area (Å²) in [4.78, 5) is 13.9. The van der Waals surface area contributed by atoms with E-state index in [1.54, 1.807) is 17.0 Å². The van der Waals surface area contributed by atoms with Crippen molar-refractivity contribution in [3.05, 3.63) is 35.1 Å². The Morgan fingerprint density at radius 2 is 2.33 bits per heavy atom. The van der Waals surface area contributed by atoms with E-state index in [0.717, 1.165) is 18.4 Å². The van der Waals surface area contributed by atoms with Crippen molar-refractivity contribution >= 4 is 5.91 Å². The summed E-state index contributed by atoms with van der Waals surface area (Å²) in [5.41, 5.74) is 6.52. The summed E-state index contributed by atoms with van der Waals surface area (Å²) < 4.78 is 13.7. The van der Waals surface area contributed by atoms with E-state index in [2.05, 4.69) is 0 Å². The minimum Gasteiger partial charge on any atom is -0.338 e. The highest BCUT2D eigenvalue weighted by Gasteiger charge is 2.27. The van der Waals surface area contributed by atoms with Crippen molar-refractivity contribution < 1.29 is 9.18 Å². The van der Waals surface area contributed by atoms with Gasteiger partial charge in [-0.25, -0.2) is 4.39 Å². The molecule has 2 rings (SSSR count). The fraction of sp³-hybridized carbons (Fsp3) is 0.500. The van der Waals surface area contributed by atoms with E-state index in [9.17, 15) is 9.18 Å². The van der Waals surface area contributed by atoms with Gasteiger partial charge >= 0.3 is 0 Å². The molecule has 0 radical (unpaired) electrons. The van der Waals surface area contributed by atoms with Gasteiger partial charge in [-0.2, -0.15) is 0 Å². The third-order valence-corrected chi connectivity index (χ3v) is 3.50. The van der Waals surface area contributed by atoms with E-state index in [0.29, 0.717) is 25.6 Å². The SMILES string of the molecule is Cc1ccc(C(=O)N2CCC(CCN)C2)c(F)c1. The first-order valence-electron chi connectivity index (χ1n) is 6.37. The Morgan fingerprint density at radius 3 is 3.00 bits per heavy atom. The van der Waals surface area contributed by atoms with Crippen molar-refractivity contribution in [1.82, 2.24) is 4.90 Å². The summed E-state index contributed by atoms with van der Waals surface area (Å²) in [6.07, 6.45) is 1.90. The Hall–Kier alpha value is -1.42. The Balaban J connectivity index is 2.08. The molecule has 0 bridgehead atoms. The van der Waals surface area contributed by atoms with E-state index in [-0.39, 0.29) is 11.5 Å². The Bertz CT molecular complexity index is 447. The lowest BCUT2D eigenvalue weighted by molar-refractivity contribution is 0.0782. The summed E-state index contributed by atoms with van der Waals surface area (Å²) in [5, 5.41) is 0. The maximum atomic E-state index is 13.7. The van der Waals surface area contributed by atoms with Crippen LogP contribution in [0, 0.1) is 18.7 Å². The van der Waals surface area contributed by atoms with Crippen LogP contribution in [0.15, 0.2) is 18.2 Å². The van der Waals surface area contributed by atoms with Crippen molar-refractivity contribution in [3.8, 4) is 0 Å². The highest BCUT2D eigenvalue weighted by molar-refractivity contribution is 5.94. The lowest BCUT2D eigenvalue weighted by atomic mass is 10.1. The molecule has 0 saturated carbocycles. The number of benzene rings is 1. The number of nitrogens with two attached hydrogens (primary N) is 1. The van der Waals surface area contributed by atoms with Gasteiger partial charge in [0.05, 0.1) is 5.56 Å². The first-order valence-corrected chi connectivity index (χ1v) is 6.37. The van der Waals surface area contributed by atoms with Gasteiger partial charge in [0, 0.05) is 13.1 Å². The number of amides is 1. The molecule has 0 aliphatic carbocycles. The molecular weight excluding hydrogens is 231 g/mol. The van der Waals surface area contributed by atoms with Crippen LogP contribution in [0.5, 0.6) is 0 Å². The van der Waals surface area contributed by atoms with Gasteiger partial charge in [-0.3, -0.25) is 4.79 Å². The molecule has 3 nitrogen and oxygen atoms in total. The van der Waals surface area contributed by atoms with Crippen LogP contribution in [-0.2, 0) is 0 Å². The van der Waals surface area contributed by atoms with Gasteiger partial charge in [-0.15, -0.1) is 0 Å². The second kappa shape index (κ2) is 5.48. The predicted octanol–water partition coefficient (Wildman–Crippen LogP) is 1.95. The first-order chi connectivity index (χ1) is 8.61. The minimum absolute atomic E-state index is 0.175. The fourth-order valence-corrected chi connectivity index (χ4v) is 2.45. The van der Waals surface area contributed by atoms with Crippen molar-refractivity contribution in [2.45, 2.75) is 19.8 Å². The van der Waals surface area contributed by atoms with Crippen LogP contribution >= 0.6 is 0 Å². The molecule has 0 aromatic heterocycles. The van der Waals surface area contributed by atoms with E-state index < -0.39 is 5.82 Å². The molecule has 98 valence electrons. The van der Waals surface area contributed by atoms with Crippen molar-refractivity contribution in [1.29, 1.82) is 0 Å². The number of nitrogens with zero attached hydrogens (tertiary/aromatic N) is 1. The molecule has 1 amide bonds. The quantitative estimate of drug-likeness (QED) is 0.891. The maximum absolute atomic E-state index is 13.7. The average molecular weight is 250 g/mol. The molecule has 1 atom stereocenters. The molecule has 1 saturated heterocycles. The minimum atomic E-state index is -0.428. The summed E-state index contributed by atoms with van der Waals surface area (Å²) in [6, 6.07) is 4.74. The number of halogens is 1. The molecule has 1 aliphatic rings. The topological polar surface area (TPSA) is 46.3 Å². The monoisotopic (exact) mass is 250 g/mol. The van der Waals surface area contributed by atoms with Gasteiger partial charge in [0.1, 0.15) is 5.82 Å². The molecule has 1 unspecified atom stereocenters. The Labute approximate surface area is 107 Å². The van der Waals surface area contributed by atoms with Gasteiger partial charge in [0.25, 0.3) is 5.91 Å². The molecule has 1 heterocycles. The zero-order valence-corrected chi connectivity index (χ0v) is 10.7. The van der Waals surface area contributed by atoms with Gasteiger partial charge in [0.15, 0.2) is 0 Å². The van der Waals surface area contributed by atoms with Crippen molar-refractivity contribution in [2.75, 3.05) is 19.6 Å². The number of hydrogen-bond donors (Lipinski definition) is 1. The van der Waals surface area contributed by atoms with Crippen LogP contribution in [0.4, 0.5) is 4.39 Å². The standard InChI is InChI=1S/C14H19FN2O/c1-10-2-3-12(13(15)8-10)14(18)17-7-5-11(9-17)4-6-16/h2-3,8,11H,4-7,9,16H2,1H3. The molecule has 1 fully saturated rings. The zero-order chi connectivity index (χ0) is 13.1. The summed E-state index contributed by atoms with van der Waals surface area (Å²) in [5.74, 6) is -0.165. The molecule has 18 heavy (non-hydrogen) atoms. The average Bonchev–Trinajstić information content (AvgIpc) is 2.77. The third-order valence-electron chi connectivity index (χ3n) is 3.50. The van der Waals surface area contributed by atoms with Crippen LogP contribution in [0.3, 0.4) is 0 Å². The molecule has 1 aromatic carbocycles. The summed E-state index contributed by atoms with van der Waals surface area (Å²) >= 11 is 0. The molecular formula is C14H19FN2O. The lowest BCUT2D eigenvalue weighted by Gasteiger charge is -2.17. The first kappa shape index (κ1) is 13.0. The van der Waals surface area contributed by atoms with E-state index in [1.165, 1.54) is 6.07 Å². The van der Waals surface area contributed by atoms with Crippen LogP contribution in [0.2, 0.25) is 0 Å².